The molecule has 3 amide bonds. The number of amides is 3. The van der Waals surface area contributed by atoms with E-state index in [1.807, 2.05) is 0 Å². The molecule has 0 saturated heterocycles. The third kappa shape index (κ3) is 10.2. The van der Waals surface area contributed by atoms with Gasteiger partial charge in [0, 0.05) is 0 Å². The normalized spacial score (nSPS) is 15.8. The maximum atomic E-state index is 12.9. The van der Waals surface area contributed by atoms with E-state index < -0.39 is 66.9 Å². The number of aliphatic hydroxyl groups is 1. The predicted octanol–water partition coefficient (Wildman–Crippen LogP) is -1.59. The molecule has 0 aliphatic heterocycles. The highest BCUT2D eigenvalue weighted by Gasteiger charge is 2.33. The van der Waals surface area contributed by atoms with Crippen molar-refractivity contribution in [1.29, 1.82) is 0 Å². The zero-order valence-corrected chi connectivity index (χ0v) is 18.3. The molecule has 0 bridgehead atoms. The second-order valence-electron chi connectivity index (χ2n) is 7.85. The highest BCUT2D eigenvalue weighted by atomic mass is 16.4. The van der Waals surface area contributed by atoms with Crippen LogP contribution >= 0.6 is 0 Å². The van der Waals surface area contributed by atoms with Crippen molar-refractivity contribution in [2.45, 2.75) is 71.1 Å². The fourth-order valence-electron chi connectivity index (χ4n) is 2.66. The van der Waals surface area contributed by atoms with Crippen molar-refractivity contribution in [3.05, 3.63) is 0 Å². The van der Waals surface area contributed by atoms with Crippen LogP contribution in [0, 0.1) is 11.8 Å². The molecule has 0 aromatic carbocycles. The van der Waals surface area contributed by atoms with Crippen molar-refractivity contribution in [2.24, 2.45) is 17.6 Å². The van der Waals surface area contributed by atoms with Gasteiger partial charge in [-0.2, -0.15) is 0 Å². The van der Waals surface area contributed by atoms with Crippen molar-refractivity contribution in [3.8, 4) is 0 Å². The molecule has 0 radical (unpaired) electrons. The van der Waals surface area contributed by atoms with E-state index in [2.05, 4.69) is 16.0 Å². The minimum atomic E-state index is -1.66. The van der Waals surface area contributed by atoms with E-state index in [1.165, 1.54) is 0 Å². The van der Waals surface area contributed by atoms with Gasteiger partial charge in [-0.3, -0.25) is 19.2 Å². The van der Waals surface area contributed by atoms with Crippen molar-refractivity contribution in [2.75, 3.05) is 6.61 Å². The first-order valence-electron chi connectivity index (χ1n) is 10.1. The quantitative estimate of drug-likeness (QED) is 0.164. The molecular weight excluding hydrogens is 412 g/mol. The van der Waals surface area contributed by atoms with Crippen LogP contribution in [0.3, 0.4) is 0 Å². The van der Waals surface area contributed by atoms with Crippen LogP contribution < -0.4 is 21.7 Å². The number of nitrogens with two attached hydrogens (primary N) is 1. The van der Waals surface area contributed by atoms with Gasteiger partial charge in [0.25, 0.3) is 0 Å². The maximum Gasteiger partial charge on any atom is 0.326 e. The van der Waals surface area contributed by atoms with Crippen LogP contribution in [0.1, 0.15) is 47.0 Å². The molecule has 0 saturated carbocycles. The molecule has 178 valence electrons. The van der Waals surface area contributed by atoms with Crippen LogP contribution in [0.5, 0.6) is 0 Å². The average molecular weight is 447 g/mol. The first-order valence-corrected chi connectivity index (χ1v) is 10.1. The van der Waals surface area contributed by atoms with Gasteiger partial charge < -0.3 is 37.0 Å². The Labute approximate surface area is 180 Å². The number of nitrogens with one attached hydrogen (secondary N) is 3. The van der Waals surface area contributed by atoms with E-state index >= 15 is 0 Å². The van der Waals surface area contributed by atoms with Gasteiger partial charge >= 0.3 is 11.9 Å². The van der Waals surface area contributed by atoms with Crippen molar-refractivity contribution < 1.29 is 39.3 Å². The molecular formula is C19H34N4O8. The van der Waals surface area contributed by atoms with Crippen molar-refractivity contribution in [3.63, 3.8) is 0 Å². The van der Waals surface area contributed by atoms with E-state index in [1.54, 1.807) is 27.7 Å². The Morgan fingerprint density at radius 3 is 1.84 bits per heavy atom. The highest BCUT2D eigenvalue weighted by molar-refractivity contribution is 5.94. The van der Waals surface area contributed by atoms with Crippen LogP contribution in [0.15, 0.2) is 0 Å². The summed E-state index contributed by atoms with van der Waals surface area (Å²) >= 11 is 0. The van der Waals surface area contributed by atoms with E-state index in [9.17, 15) is 24.0 Å². The number of carboxylic acid groups (broad SMARTS) is 2. The molecule has 0 rings (SSSR count). The molecule has 0 heterocycles. The summed E-state index contributed by atoms with van der Waals surface area (Å²) in [6.07, 6.45) is -0.171. The molecule has 0 aliphatic carbocycles. The van der Waals surface area contributed by atoms with Crippen LogP contribution in [0.2, 0.25) is 0 Å². The summed E-state index contributed by atoms with van der Waals surface area (Å²) in [5.41, 5.74) is 5.48. The SMILES string of the molecule is CCC(C)C(NC(=O)C(N)CO)C(=O)NC(CC(C)C)C(=O)NC(CC(=O)O)C(=O)O. The Bertz CT molecular complexity index is 655. The number of aliphatic carboxylic acids is 2. The number of carboxylic acids is 2. The van der Waals surface area contributed by atoms with E-state index in [4.69, 9.17) is 21.1 Å². The maximum absolute atomic E-state index is 12.9. The second-order valence-corrected chi connectivity index (χ2v) is 7.85. The minimum absolute atomic E-state index is 0.0711. The smallest absolute Gasteiger partial charge is 0.326 e. The van der Waals surface area contributed by atoms with Crippen LogP contribution in [0.25, 0.3) is 0 Å². The molecule has 0 fully saturated rings. The number of hydrogen-bond acceptors (Lipinski definition) is 7. The summed E-state index contributed by atoms with van der Waals surface area (Å²) < 4.78 is 0. The van der Waals surface area contributed by atoms with Crippen LogP contribution in [-0.2, 0) is 24.0 Å². The highest BCUT2D eigenvalue weighted by Crippen LogP contribution is 2.11. The van der Waals surface area contributed by atoms with Gasteiger partial charge in [0.1, 0.15) is 24.2 Å². The number of carbonyl (C=O) groups excluding carboxylic acids is 3. The Morgan fingerprint density at radius 2 is 1.42 bits per heavy atom. The van der Waals surface area contributed by atoms with Gasteiger partial charge in [0.2, 0.25) is 17.7 Å². The van der Waals surface area contributed by atoms with Crippen molar-refractivity contribution >= 4 is 29.7 Å². The Balaban J connectivity index is 5.54. The number of carbonyl (C=O) groups is 5. The third-order valence-corrected chi connectivity index (χ3v) is 4.66. The first kappa shape index (κ1) is 28.3. The molecule has 0 aromatic heterocycles. The second kappa shape index (κ2) is 13.5. The monoisotopic (exact) mass is 446 g/mol. The Kier molecular flexibility index (Phi) is 12.4. The summed E-state index contributed by atoms with van der Waals surface area (Å²) in [5, 5.41) is 34.1. The largest absolute Gasteiger partial charge is 0.481 e. The zero-order chi connectivity index (χ0) is 24.3. The molecule has 5 unspecified atom stereocenters. The van der Waals surface area contributed by atoms with Gasteiger partial charge in [0.15, 0.2) is 0 Å². The number of hydrogen-bond donors (Lipinski definition) is 7. The van der Waals surface area contributed by atoms with Gasteiger partial charge in [-0.15, -0.1) is 0 Å². The average Bonchev–Trinajstić information content (AvgIpc) is 2.68. The zero-order valence-electron chi connectivity index (χ0n) is 18.3. The summed E-state index contributed by atoms with van der Waals surface area (Å²) in [7, 11) is 0. The molecule has 0 aromatic rings. The Morgan fingerprint density at radius 1 is 0.871 bits per heavy atom. The first-order chi connectivity index (χ1) is 14.3. The standard InChI is InChI=1S/C19H34N4O8/c1-5-10(4)15(23-16(27)11(20)8-24)18(29)21-12(6-9(2)3)17(28)22-13(19(30)31)7-14(25)26/h9-13,15,24H,5-8,20H2,1-4H3,(H,21,29)(H,22,28)(H,23,27)(H,25,26)(H,30,31). The lowest BCUT2D eigenvalue weighted by Crippen LogP contribution is -2.59. The van der Waals surface area contributed by atoms with Crippen molar-refractivity contribution in [1.82, 2.24) is 16.0 Å². The summed E-state index contributed by atoms with van der Waals surface area (Å²) in [5.74, 6) is -5.60. The van der Waals surface area contributed by atoms with Crippen LogP contribution in [0.4, 0.5) is 0 Å². The number of aliphatic hydroxyl groups excluding tert-OH is 1. The molecule has 8 N–H and O–H groups in total. The predicted molar refractivity (Wildman–Crippen MR) is 110 cm³/mol. The molecule has 31 heavy (non-hydrogen) atoms. The minimum Gasteiger partial charge on any atom is -0.481 e. The molecule has 0 spiro atoms. The van der Waals surface area contributed by atoms with Gasteiger partial charge in [-0.1, -0.05) is 34.1 Å². The van der Waals surface area contributed by atoms with E-state index in [0.717, 1.165) is 0 Å². The summed E-state index contributed by atoms with van der Waals surface area (Å²) in [4.78, 5) is 59.6. The molecule has 0 aliphatic rings. The third-order valence-electron chi connectivity index (χ3n) is 4.66. The lowest BCUT2D eigenvalue weighted by Gasteiger charge is -2.28. The molecule has 12 nitrogen and oxygen atoms in total. The van der Waals surface area contributed by atoms with Gasteiger partial charge in [-0.05, 0) is 18.3 Å². The molecule has 12 heteroatoms. The fourth-order valence-corrected chi connectivity index (χ4v) is 2.66. The summed E-state index contributed by atoms with van der Waals surface area (Å²) in [6, 6.07) is -5.09. The van der Waals surface area contributed by atoms with Crippen LogP contribution in [-0.4, -0.2) is 75.8 Å². The molecule has 5 atom stereocenters. The topological polar surface area (TPSA) is 208 Å². The van der Waals surface area contributed by atoms with Gasteiger partial charge in [-0.25, -0.2) is 4.79 Å². The van der Waals surface area contributed by atoms with E-state index in [0.29, 0.717) is 6.42 Å². The lowest BCUT2D eigenvalue weighted by atomic mass is 9.96. The lowest BCUT2D eigenvalue weighted by molar-refractivity contribution is -0.147. The fraction of sp³-hybridized carbons (Fsp3) is 0.737. The Hall–Kier alpha value is -2.73. The number of rotatable bonds is 14. The van der Waals surface area contributed by atoms with E-state index in [-0.39, 0.29) is 18.3 Å². The summed E-state index contributed by atoms with van der Waals surface area (Å²) in [6.45, 7) is 6.46. The van der Waals surface area contributed by atoms with Gasteiger partial charge in [0.05, 0.1) is 13.0 Å².